The molecule has 2 aromatic rings. The van der Waals surface area contributed by atoms with Crippen molar-refractivity contribution in [3.63, 3.8) is 0 Å². The largest absolute Gasteiger partial charge is 0.445 e. The molecular weight excluding hydrogens is 318 g/mol. The highest BCUT2D eigenvalue weighted by atomic mass is 32.2. The van der Waals surface area contributed by atoms with Gasteiger partial charge in [-0.2, -0.15) is 0 Å². The summed E-state index contributed by atoms with van der Waals surface area (Å²) in [6.07, 6.45) is -1.04. The van der Waals surface area contributed by atoms with E-state index in [2.05, 4.69) is 0 Å². The van der Waals surface area contributed by atoms with Crippen LogP contribution in [-0.4, -0.2) is 33.8 Å². The summed E-state index contributed by atoms with van der Waals surface area (Å²) in [7, 11) is 0. The maximum Gasteiger partial charge on any atom is 0.411 e. The highest BCUT2D eigenvalue weighted by molar-refractivity contribution is 8.00. The number of aliphatic hydroxyl groups is 1. The lowest BCUT2D eigenvalue weighted by atomic mass is 10.2. The molecule has 1 aliphatic rings. The number of nitrogens with zero attached hydrogens (tertiary/aromatic N) is 1. The van der Waals surface area contributed by atoms with Crippen molar-refractivity contribution < 1.29 is 14.6 Å². The van der Waals surface area contributed by atoms with Crippen molar-refractivity contribution in [1.29, 1.82) is 0 Å². The van der Waals surface area contributed by atoms with Crippen LogP contribution in [0.15, 0.2) is 47.8 Å². The molecule has 3 rings (SSSR count). The van der Waals surface area contributed by atoms with Crippen LogP contribution in [0.1, 0.15) is 16.5 Å². The van der Waals surface area contributed by atoms with Crippen molar-refractivity contribution in [3.05, 3.63) is 58.3 Å². The van der Waals surface area contributed by atoms with E-state index in [-0.39, 0.29) is 18.1 Å². The fourth-order valence-corrected chi connectivity index (χ4v) is 4.42. The molecule has 0 bridgehead atoms. The number of ether oxygens (including phenoxy) is 1. The Morgan fingerprint density at radius 3 is 2.86 bits per heavy atom. The standard InChI is InChI=1S/C16H17NO3S2/c18-14(13-7-4-9-21-13)15-17(8-10-22-15)16(19)20-11-12-5-2-1-3-6-12/h1-7,9,14-15,18H,8,10-11H2. The number of thioether (sulfide) groups is 1. The smallest absolute Gasteiger partial charge is 0.411 e. The third-order valence-corrected chi connectivity index (χ3v) is 5.69. The van der Waals surface area contributed by atoms with Gasteiger partial charge in [0, 0.05) is 17.2 Å². The van der Waals surface area contributed by atoms with Crippen molar-refractivity contribution in [1.82, 2.24) is 4.90 Å². The summed E-state index contributed by atoms with van der Waals surface area (Å²) >= 11 is 3.09. The van der Waals surface area contributed by atoms with Crippen LogP contribution in [0.5, 0.6) is 0 Å². The summed E-state index contributed by atoms with van der Waals surface area (Å²) in [4.78, 5) is 14.8. The minimum atomic E-state index is -0.670. The van der Waals surface area contributed by atoms with E-state index >= 15 is 0 Å². The molecule has 2 atom stereocenters. The van der Waals surface area contributed by atoms with Crippen molar-refractivity contribution in [2.75, 3.05) is 12.3 Å². The van der Waals surface area contributed by atoms with Gasteiger partial charge in [0.15, 0.2) is 0 Å². The van der Waals surface area contributed by atoms with Crippen LogP contribution in [0.4, 0.5) is 4.79 Å². The molecule has 0 spiro atoms. The van der Waals surface area contributed by atoms with Crippen LogP contribution in [0.25, 0.3) is 0 Å². The van der Waals surface area contributed by atoms with Crippen LogP contribution in [0.2, 0.25) is 0 Å². The third-order valence-electron chi connectivity index (χ3n) is 3.47. The predicted molar refractivity (Wildman–Crippen MR) is 88.9 cm³/mol. The Kier molecular flexibility index (Phi) is 5.02. The molecule has 22 heavy (non-hydrogen) atoms. The summed E-state index contributed by atoms with van der Waals surface area (Å²) in [5, 5.41) is 12.1. The molecule has 6 heteroatoms. The highest BCUT2D eigenvalue weighted by Crippen LogP contribution is 2.36. The average molecular weight is 335 g/mol. The van der Waals surface area contributed by atoms with Gasteiger partial charge in [0.05, 0.1) is 0 Å². The first-order valence-electron chi connectivity index (χ1n) is 7.06. The third kappa shape index (κ3) is 3.45. The molecular formula is C16H17NO3S2. The van der Waals surface area contributed by atoms with E-state index in [1.54, 1.807) is 16.7 Å². The number of hydrogen-bond acceptors (Lipinski definition) is 5. The molecule has 1 fully saturated rings. The van der Waals surface area contributed by atoms with Crippen LogP contribution in [0.3, 0.4) is 0 Å². The maximum atomic E-state index is 12.3. The van der Waals surface area contributed by atoms with Crippen LogP contribution in [0, 0.1) is 0 Å². The van der Waals surface area contributed by atoms with E-state index < -0.39 is 6.10 Å². The summed E-state index contributed by atoms with van der Waals surface area (Å²) < 4.78 is 5.38. The number of hydrogen-bond donors (Lipinski definition) is 1. The number of aliphatic hydroxyl groups excluding tert-OH is 1. The Labute approximate surface area is 137 Å². The Bertz CT molecular complexity index is 603. The summed E-state index contributed by atoms with van der Waals surface area (Å²) in [5.41, 5.74) is 0.957. The first kappa shape index (κ1) is 15.4. The quantitative estimate of drug-likeness (QED) is 0.929. The Morgan fingerprint density at radius 2 is 2.14 bits per heavy atom. The average Bonchev–Trinajstić information content (AvgIpc) is 3.24. The molecule has 1 aliphatic heterocycles. The maximum absolute atomic E-state index is 12.3. The summed E-state index contributed by atoms with van der Waals surface area (Å²) in [6.45, 7) is 0.855. The first-order chi connectivity index (χ1) is 10.8. The minimum absolute atomic E-state index is 0.253. The topological polar surface area (TPSA) is 49.8 Å². The number of amides is 1. The van der Waals surface area contributed by atoms with Crippen molar-refractivity contribution in [2.45, 2.75) is 18.1 Å². The molecule has 1 aromatic carbocycles. The predicted octanol–water partition coefficient (Wildman–Crippen LogP) is 3.49. The zero-order valence-corrected chi connectivity index (χ0v) is 13.6. The molecule has 1 amide bonds. The molecule has 4 nitrogen and oxygen atoms in total. The van der Waals surface area contributed by atoms with E-state index in [0.717, 1.165) is 16.2 Å². The van der Waals surface area contributed by atoms with Crippen LogP contribution >= 0.6 is 23.1 Å². The molecule has 2 heterocycles. The van der Waals surface area contributed by atoms with Crippen molar-refractivity contribution in [3.8, 4) is 0 Å². The Balaban J connectivity index is 1.61. The molecule has 0 radical (unpaired) electrons. The number of carbonyl (C=O) groups excluding carboxylic acids is 1. The number of benzene rings is 1. The summed E-state index contributed by atoms with van der Waals surface area (Å²) in [5.74, 6) is 0.813. The zero-order chi connectivity index (χ0) is 15.4. The Morgan fingerprint density at radius 1 is 1.32 bits per heavy atom. The van der Waals surface area contributed by atoms with Gasteiger partial charge in [0.25, 0.3) is 0 Å². The van der Waals surface area contributed by atoms with E-state index in [1.807, 2.05) is 47.8 Å². The lowest BCUT2D eigenvalue weighted by molar-refractivity contribution is 0.0665. The normalized spacial score (nSPS) is 19.1. The summed E-state index contributed by atoms with van der Waals surface area (Å²) in [6, 6.07) is 13.4. The fourth-order valence-electron chi connectivity index (χ4n) is 2.35. The molecule has 1 saturated heterocycles. The van der Waals surface area contributed by atoms with Gasteiger partial charge in [0.1, 0.15) is 18.1 Å². The van der Waals surface area contributed by atoms with Gasteiger partial charge >= 0.3 is 6.09 Å². The van der Waals surface area contributed by atoms with Crippen molar-refractivity contribution in [2.24, 2.45) is 0 Å². The van der Waals surface area contributed by atoms with Gasteiger partial charge in [-0.25, -0.2) is 4.79 Å². The number of carbonyl (C=O) groups is 1. The molecule has 1 N–H and O–H groups in total. The lowest BCUT2D eigenvalue weighted by Crippen LogP contribution is -2.38. The Hall–Kier alpha value is -1.50. The fraction of sp³-hybridized carbons (Fsp3) is 0.312. The van der Waals surface area contributed by atoms with Crippen LogP contribution in [-0.2, 0) is 11.3 Å². The molecule has 0 aliphatic carbocycles. The van der Waals surface area contributed by atoms with Gasteiger partial charge < -0.3 is 9.84 Å². The monoisotopic (exact) mass is 335 g/mol. The molecule has 1 aromatic heterocycles. The van der Waals surface area contributed by atoms with Gasteiger partial charge in [0.2, 0.25) is 0 Å². The SMILES string of the molecule is O=C(OCc1ccccc1)N1CCSC1C(O)c1cccs1. The van der Waals surface area contributed by atoms with Gasteiger partial charge in [-0.05, 0) is 17.0 Å². The number of thiophene rings is 1. The van der Waals surface area contributed by atoms with Gasteiger partial charge in [-0.1, -0.05) is 36.4 Å². The van der Waals surface area contributed by atoms with E-state index in [9.17, 15) is 9.90 Å². The molecule has 2 unspecified atom stereocenters. The zero-order valence-electron chi connectivity index (χ0n) is 11.9. The minimum Gasteiger partial charge on any atom is -0.445 e. The van der Waals surface area contributed by atoms with Crippen molar-refractivity contribution >= 4 is 29.2 Å². The van der Waals surface area contributed by atoms with E-state index in [0.29, 0.717) is 6.54 Å². The molecule has 0 saturated carbocycles. The second kappa shape index (κ2) is 7.17. The van der Waals surface area contributed by atoms with Gasteiger partial charge in [-0.3, -0.25) is 4.90 Å². The second-order valence-corrected chi connectivity index (χ2v) is 7.16. The molecule has 116 valence electrons. The van der Waals surface area contributed by atoms with Crippen LogP contribution < -0.4 is 0 Å². The van der Waals surface area contributed by atoms with E-state index in [4.69, 9.17) is 4.74 Å². The highest BCUT2D eigenvalue weighted by Gasteiger charge is 2.36. The first-order valence-corrected chi connectivity index (χ1v) is 8.99. The number of rotatable bonds is 4. The van der Waals surface area contributed by atoms with E-state index in [1.165, 1.54) is 11.3 Å². The second-order valence-electron chi connectivity index (χ2n) is 4.96. The van der Waals surface area contributed by atoms with Gasteiger partial charge in [-0.15, -0.1) is 23.1 Å². The lowest BCUT2D eigenvalue weighted by Gasteiger charge is -2.26.